The molecule has 1 fully saturated rings. The second-order valence-electron chi connectivity index (χ2n) is 4.21. The predicted octanol–water partition coefficient (Wildman–Crippen LogP) is 3.74. The Bertz CT molecular complexity index is 490. The first-order valence-corrected chi connectivity index (χ1v) is 6.50. The van der Waals surface area contributed by atoms with Gasteiger partial charge in [-0.2, -0.15) is 0 Å². The molecule has 1 atom stereocenters. The van der Waals surface area contributed by atoms with Gasteiger partial charge in [0.15, 0.2) is 0 Å². The van der Waals surface area contributed by atoms with Crippen molar-refractivity contribution in [3.63, 3.8) is 0 Å². The third kappa shape index (κ3) is 2.90. The standard InChI is InChI=1S/C13H13BrFNO2/c14-12-6-4-10(15)8-9(12)3-5-11-2-1-7-16(11)13(17)18/h3-6,8,11H,1-2,7H2,(H,17,18)/b5-3+/t11-/m1/s1. The van der Waals surface area contributed by atoms with Gasteiger partial charge in [0, 0.05) is 11.0 Å². The summed E-state index contributed by atoms with van der Waals surface area (Å²) in [6.07, 6.45) is 4.36. The van der Waals surface area contributed by atoms with E-state index in [1.54, 1.807) is 12.1 Å². The maximum Gasteiger partial charge on any atom is 0.407 e. The monoisotopic (exact) mass is 313 g/mol. The van der Waals surface area contributed by atoms with Gasteiger partial charge in [-0.1, -0.05) is 28.1 Å². The summed E-state index contributed by atoms with van der Waals surface area (Å²) in [7, 11) is 0. The van der Waals surface area contributed by atoms with Gasteiger partial charge in [0.25, 0.3) is 0 Å². The van der Waals surface area contributed by atoms with E-state index in [-0.39, 0.29) is 11.9 Å². The molecular formula is C13H13BrFNO2. The van der Waals surface area contributed by atoms with Crippen LogP contribution in [-0.4, -0.2) is 28.7 Å². The number of carbonyl (C=O) groups is 1. The molecule has 5 heteroatoms. The highest BCUT2D eigenvalue weighted by atomic mass is 79.9. The fourth-order valence-electron chi connectivity index (χ4n) is 2.09. The number of nitrogens with zero attached hydrogens (tertiary/aromatic N) is 1. The Hall–Kier alpha value is -1.36. The first-order chi connectivity index (χ1) is 8.58. The smallest absolute Gasteiger partial charge is 0.407 e. The zero-order chi connectivity index (χ0) is 13.1. The summed E-state index contributed by atoms with van der Waals surface area (Å²) in [5, 5.41) is 9.00. The Balaban J connectivity index is 2.15. The molecule has 3 nitrogen and oxygen atoms in total. The quantitative estimate of drug-likeness (QED) is 0.903. The molecule has 0 spiro atoms. The maximum atomic E-state index is 13.1. The second kappa shape index (κ2) is 5.52. The lowest BCUT2D eigenvalue weighted by atomic mass is 10.1. The van der Waals surface area contributed by atoms with E-state index >= 15 is 0 Å². The number of carboxylic acid groups (broad SMARTS) is 1. The molecule has 1 heterocycles. The van der Waals surface area contributed by atoms with Gasteiger partial charge in [0.2, 0.25) is 0 Å². The van der Waals surface area contributed by atoms with Crippen molar-refractivity contribution in [1.82, 2.24) is 4.90 Å². The van der Waals surface area contributed by atoms with Crippen molar-refractivity contribution in [1.29, 1.82) is 0 Å². The normalized spacial score (nSPS) is 19.7. The van der Waals surface area contributed by atoms with Crippen molar-refractivity contribution >= 4 is 28.1 Å². The zero-order valence-electron chi connectivity index (χ0n) is 9.64. The summed E-state index contributed by atoms with van der Waals surface area (Å²) >= 11 is 3.34. The van der Waals surface area contributed by atoms with E-state index in [2.05, 4.69) is 15.9 Å². The van der Waals surface area contributed by atoms with Crippen molar-refractivity contribution < 1.29 is 14.3 Å². The molecule has 0 radical (unpaired) electrons. The van der Waals surface area contributed by atoms with Crippen LogP contribution in [0.25, 0.3) is 6.08 Å². The minimum absolute atomic E-state index is 0.113. The van der Waals surface area contributed by atoms with Gasteiger partial charge in [0.05, 0.1) is 6.04 Å². The van der Waals surface area contributed by atoms with E-state index in [4.69, 9.17) is 5.11 Å². The molecule has 1 aliphatic heterocycles. The summed E-state index contributed by atoms with van der Waals surface area (Å²) in [4.78, 5) is 12.4. The third-order valence-electron chi connectivity index (χ3n) is 3.00. The summed E-state index contributed by atoms with van der Waals surface area (Å²) in [5.41, 5.74) is 0.715. The lowest BCUT2D eigenvalue weighted by Gasteiger charge is -2.17. The highest BCUT2D eigenvalue weighted by molar-refractivity contribution is 9.10. The van der Waals surface area contributed by atoms with Gasteiger partial charge in [0.1, 0.15) is 5.82 Å². The molecule has 2 rings (SSSR count). The van der Waals surface area contributed by atoms with E-state index in [1.165, 1.54) is 17.0 Å². The number of likely N-dealkylation sites (tertiary alicyclic amines) is 1. The maximum absolute atomic E-state index is 13.1. The average Bonchev–Trinajstić information content (AvgIpc) is 2.79. The minimum Gasteiger partial charge on any atom is -0.465 e. The molecule has 18 heavy (non-hydrogen) atoms. The van der Waals surface area contributed by atoms with Crippen LogP contribution in [0.1, 0.15) is 18.4 Å². The van der Waals surface area contributed by atoms with Gasteiger partial charge in [-0.25, -0.2) is 9.18 Å². The molecule has 0 saturated carbocycles. The summed E-state index contributed by atoms with van der Waals surface area (Å²) in [6.45, 7) is 0.564. The zero-order valence-corrected chi connectivity index (χ0v) is 11.2. The van der Waals surface area contributed by atoms with Crippen molar-refractivity contribution in [2.45, 2.75) is 18.9 Å². The molecule has 1 saturated heterocycles. The van der Waals surface area contributed by atoms with Crippen LogP contribution < -0.4 is 0 Å². The van der Waals surface area contributed by atoms with Gasteiger partial charge < -0.3 is 10.0 Å². The SMILES string of the molecule is O=C(O)N1CCC[C@@H]1/C=C/c1cc(F)ccc1Br. The number of halogens is 2. The van der Waals surface area contributed by atoms with Crippen molar-refractivity contribution in [2.75, 3.05) is 6.54 Å². The van der Waals surface area contributed by atoms with E-state index in [0.717, 1.165) is 17.3 Å². The number of benzene rings is 1. The van der Waals surface area contributed by atoms with Gasteiger partial charge in [-0.05, 0) is 36.6 Å². The molecule has 0 unspecified atom stereocenters. The van der Waals surface area contributed by atoms with Gasteiger partial charge in [-0.15, -0.1) is 0 Å². The molecule has 0 aromatic heterocycles. The van der Waals surface area contributed by atoms with Crippen LogP contribution in [0.4, 0.5) is 9.18 Å². The van der Waals surface area contributed by atoms with Crippen LogP contribution in [-0.2, 0) is 0 Å². The highest BCUT2D eigenvalue weighted by Gasteiger charge is 2.26. The molecule has 0 aliphatic carbocycles. The first-order valence-electron chi connectivity index (χ1n) is 5.71. The third-order valence-corrected chi connectivity index (χ3v) is 3.72. The fourth-order valence-corrected chi connectivity index (χ4v) is 2.47. The van der Waals surface area contributed by atoms with Crippen LogP contribution in [0.5, 0.6) is 0 Å². The van der Waals surface area contributed by atoms with E-state index in [0.29, 0.717) is 12.1 Å². The number of amides is 1. The molecule has 1 amide bonds. The van der Waals surface area contributed by atoms with Crippen molar-refractivity contribution in [3.05, 3.63) is 40.1 Å². The van der Waals surface area contributed by atoms with E-state index in [9.17, 15) is 9.18 Å². The van der Waals surface area contributed by atoms with Crippen LogP contribution in [0, 0.1) is 5.82 Å². The molecule has 1 aromatic rings. The molecule has 0 bridgehead atoms. The van der Waals surface area contributed by atoms with E-state index < -0.39 is 6.09 Å². The topological polar surface area (TPSA) is 40.5 Å². The van der Waals surface area contributed by atoms with Crippen LogP contribution in [0.2, 0.25) is 0 Å². The second-order valence-corrected chi connectivity index (χ2v) is 5.06. The molecule has 1 N–H and O–H groups in total. The largest absolute Gasteiger partial charge is 0.465 e. The summed E-state index contributed by atoms with van der Waals surface area (Å²) in [5.74, 6) is -0.306. The highest BCUT2D eigenvalue weighted by Crippen LogP contribution is 2.23. The Morgan fingerprint density at radius 2 is 2.33 bits per heavy atom. The predicted molar refractivity (Wildman–Crippen MR) is 70.9 cm³/mol. The summed E-state index contributed by atoms with van der Waals surface area (Å²) in [6, 6.07) is 4.32. The Labute approximate surface area is 113 Å². The Morgan fingerprint density at radius 1 is 1.56 bits per heavy atom. The number of rotatable bonds is 2. The van der Waals surface area contributed by atoms with Crippen molar-refractivity contribution in [3.8, 4) is 0 Å². The first kappa shape index (κ1) is 13.1. The lowest BCUT2D eigenvalue weighted by molar-refractivity contribution is 0.147. The van der Waals surface area contributed by atoms with Gasteiger partial charge in [-0.3, -0.25) is 0 Å². The van der Waals surface area contributed by atoms with Gasteiger partial charge >= 0.3 is 6.09 Å². The Kier molecular flexibility index (Phi) is 4.01. The molecule has 96 valence electrons. The number of hydrogen-bond acceptors (Lipinski definition) is 1. The minimum atomic E-state index is -0.902. The average molecular weight is 314 g/mol. The Morgan fingerprint density at radius 3 is 3.06 bits per heavy atom. The fraction of sp³-hybridized carbons (Fsp3) is 0.308. The summed E-state index contributed by atoms with van der Waals surface area (Å²) < 4.78 is 13.9. The van der Waals surface area contributed by atoms with Crippen LogP contribution >= 0.6 is 15.9 Å². The van der Waals surface area contributed by atoms with Crippen molar-refractivity contribution in [2.24, 2.45) is 0 Å². The lowest BCUT2D eigenvalue weighted by Crippen LogP contribution is -2.32. The van der Waals surface area contributed by atoms with Crippen LogP contribution in [0.15, 0.2) is 28.7 Å². The van der Waals surface area contributed by atoms with Crippen LogP contribution in [0.3, 0.4) is 0 Å². The van der Waals surface area contributed by atoms with E-state index in [1.807, 2.05) is 6.08 Å². The number of hydrogen-bond donors (Lipinski definition) is 1. The molecule has 1 aliphatic rings. The molecule has 1 aromatic carbocycles. The molecular weight excluding hydrogens is 301 g/mol.